The Kier molecular flexibility index (Phi) is 15.0. The summed E-state index contributed by atoms with van der Waals surface area (Å²) in [6, 6.07) is 0. The highest BCUT2D eigenvalue weighted by Crippen LogP contribution is 2.17. The van der Waals surface area contributed by atoms with Gasteiger partial charge in [-0.15, -0.1) is 0 Å². The highest BCUT2D eigenvalue weighted by atomic mass is 16.5. The van der Waals surface area contributed by atoms with Crippen LogP contribution < -0.4 is 0 Å². The lowest BCUT2D eigenvalue weighted by Gasteiger charge is -2.06. The Bertz CT molecular complexity index is 595. The molecule has 0 heterocycles. The summed E-state index contributed by atoms with van der Waals surface area (Å²) in [6.07, 6.45) is 15.2. The Morgan fingerprint density at radius 3 is 1.96 bits per heavy atom. The van der Waals surface area contributed by atoms with Gasteiger partial charge in [-0.1, -0.05) is 46.6 Å². The number of Topliss-reactive ketones (excluding diaryl/α,β-unsaturated/α-hetero) is 1. The minimum absolute atomic E-state index is 0.0497. The first kappa shape index (κ1) is 26.1. The number of ketones is 1. The van der Waals surface area contributed by atoms with E-state index in [4.69, 9.17) is 4.74 Å². The van der Waals surface area contributed by atoms with Crippen molar-refractivity contribution in [2.75, 3.05) is 6.61 Å². The summed E-state index contributed by atoms with van der Waals surface area (Å²) in [7, 11) is 0. The van der Waals surface area contributed by atoms with Gasteiger partial charge in [0, 0.05) is 6.42 Å². The maximum absolute atomic E-state index is 11.9. The second-order valence-electron chi connectivity index (χ2n) is 7.82. The second kappa shape index (κ2) is 16.1. The minimum atomic E-state index is -0.421. The van der Waals surface area contributed by atoms with Gasteiger partial charge in [0.25, 0.3) is 0 Å². The van der Waals surface area contributed by atoms with E-state index in [1.54, 1.807) is 6.92 Å². The average molecular weight is 389 g/mol. The molecule has 0 aromatic rings. The van der Waals surface area contributed by atoms with Gasteiger partial charge in [0.1, 0.15) is 12.2 Å². The summed E-state index contributed by atoms with van der Waals surface area (Å²) in [4.78, 5) is 23.2. The molecule has 0 atom stereocenters. The van der Waals surface area contributed by atoms with Crippen LogP contribution in [-0.2, 0) is 14.3 Å². The van der Waals surface area contributed by atoms with E-state index in [0.717, 1.165) is 32.1 Å². The van der Waals surface area contributed by atoms with Crippen molar-refractivity contribution in [2.24, 2.45) is 0 Å². The molecule has 0 rings (SSSR count). The van der Waals surface area contributed by atoms with Crippen LogP contribution in [0.1, 0.15) is 92.9 Å². The van der Waals surface area contributed by atoms with E-state index >= 15 is 0 Å². The van der Waals surface area contributed by atoms with Crippen molar-refractivity contribution in [1.82, 2.24) is 0 Å². The van der Waals surface area contributed by atoms with E-state index in [1.165, 1.54) is 22.3 Å². The van der Waals surface area contributed by atoms with Crippen molar-refractivity contribution in [3.8, 4) is 0 Å². The molecule has 0 spiro atoms. The van der Waals surface area contributed by atoms with Gasteiger partial charge in [0.05, 0.1) is 6.61 Å². The monoisotopic (exact) mass is 388 g/mol. The summed E-state index contributed by atoms with van der Waals surface area (Å²) in [5, 5.41) is 0. The van der Waals surface area contributed by atoms with E-state index < -0.39 is 5.97 Å². The van der Waals surface area contributed by atoms with E-state index in [0.29, 0.717) is 19.4 Å². The van der Waals surface area contributed by atoms with Gasteiger partial charge in [0.2, 0.25) is 0 Å². The minimum Gasteiger partial charge on any atom is -0.466 e. The molecule has 3 heteroatoms. The van der Waals surface area contributed by atoms with Gasteiger partial charge in [-0.25, -0.2) is 0 Å². The van der Waals surface area contributed by atoms with Crippen LogP contribution in [0.15, 0.2) is 46.6 Å². The Morgan fingerprint density at radius 2 is 1.36 bits per heavy atom. The molecule has 28 heavy (non-hydrogen) atoms. The Balaban J connectivity index is 4.58. The lowest BCUT2D eigenvalue weighted by molar-refractivity contribution is -0.145. The molecule has 3 nitrogen and oxygen atoms in total. The molecule has 0 aliphatic carbocycles. The fourth-order valence-electron chi connectivity index (χ4n) is 2.72. The summed E-state index contributed by atoms with van der Waals surface area (Å²) >= 11 is 0. The molecule has 0 saturated heterocycles. The van der Waals surface area contributed by atoms with E-state index in [-0.39, 0.29) is 12.2 Å². The smallest absolute Gasteiger partial charge is 0.313 e. The van der Waals surface area contributed by atoms with Crippen LogP contribution >= 0.6 is 0 Å². The van der Waals surface area contributed by atoms with Crippen LogP contribution in [0.2, 0.25) is 0 Å². The molecular formula is C25H40O3. The normalized spacial score (nSPS) is 11.8. The molecule has 0 aromatic carbocycles. The maximum Gasteiger partial charge on any atom is 0.313 e. The van der Waals surface area contributed by atoms with Crippen LogP contribution in [0, 0.1) is 0 Å². The number of rotatable bonds is 14. The third-order valence-electron chi connectivity index (χ3n) is 4.33. The predicted molar refractivity (Wildman–Crippen MR) is 119 cm³/mol. The summed E-state index contributed by atoms with van der Waals surface area (Å²) < 4.78 is 4.83. The lowest BCUT2D eigenvalue weighted by Crippen LogP contribution is -2.10. The molecule has 0 fully saturated rings. The summed E-state index contributed by atoms with van der Waals surface area (Å²) in [5.41, 5.74) is 5.47. The summed E-state index contributed by atoms with van der Waals surface area (Å²) in [5.74, 6) is -0.471. The van der Waals surface area contributed by atoms with Crippen molar-refractivity contribution in [3.63, 3.8) is 0 Å². The second-order valence-corrected chi connectivity index (χ2v) is 7.82. The van der Waals surface area contributed by atoms with Crippen molar-refractivity contribution in [2.45, 2.75) is 92.9 Å². The first-order valence-electron chi connectivity index (χ1n) is 10.5. The van der Waals surface area contributed by atoms with Crippen LogP contribution in [0.3, 0.4) is 0 Å². The fourth-order valence-corrected chi connectivity index (χ4v) is 2.72. The molecule has 0 radical (unpaired) electrons. The number of hydrogen-bond donors (Lipinski definition) is 0. The van der Waals surface area contributed by atoms with Crippen LogP contribution in [0.5, 0.6) is 0 Å². The number of allylic oxidation sites excluding steroid dienone is 8. The largest absolute Gasteiger partial charge is 0.466 e. The molecule has 0 aliphatic heterocycles. The predicted octanol–water partition coefficient (Wildman–Crippen LogP) is 7.04. The van der Waals surface area contributed by atoms with E-state index in [1.807, 2.05) is 0 Å². The van der Waals surface area contributed by atoms with Crippen molar-refractivity contribution < 1.29 is 14.3 Å². The van der Waals surface area contributed by atoms with Gasteiger partial charge in [0.15, 0.2) is 0 Å². The molecular weight excluding hydrogens is 348 g/mol. The first-order valence-corrected chi connectivity index (χ1v) is 10.5. The van der Waals surface area contributed by atoms with Gasteiger partial charge in [-0.05, 0) is 80.1 Å². The SMILES string of the molecule is CCOC(=O)CC(=O)CC/C=C(\CC=C(C)C)CC/C=C(\C)CCC=C(C)C. The van der Waals surface area contributed by atoms with Crippen molar-refractivity contribution >= 4 is 11.8 Å². The topological polar surface area (TPSA) is 43.4 Å². The van der Waals surface area contributed by atoms with Crippen LogP contribution in [0.4, 0.5) is 0 Å². The molecule has 0 N–H and O–H groups in total. The average Bonchev–Trinajstić information content (AvgIpc) is 2.58. The quantitative estimate of drug-likeness (QED) is 0.182. The van der Waals surface area contributed by atoms with Gasteiger partial charge >= 0.3 is 5.97 Å². The van der Waals surface area contributed by atoms with Crippen molar-refractivity contribution in [3.05, 3.63) is 46.6 Å². The first-order chi connectivity index (χ1) is 13.2. The molecule has 0 saturated carbocycles. The number of hydrogen-bond acceptors (Lipinski definition) is 3. The number of esters is 1. The maximum atomic E-state index is 11.9. The van der Waals surface area contributed by atoms with E-state index in [2.05, 4.69) is 58.9 Å². The van der Waals surface area contributed by atoms with Gasteiger partial charge < -0.3 is 4.74 Å². The highest BCUT2D eigenvalue weighted by Gasteiger charge is 2.09. The Labute approximate surface area is 172 Å². The van der Waals surface area contributed by atoms with Crippen LogP contribution in [-0.4, -0.2) is 18.4 Å². The summed E-state index contributed by atoms with van der Waals surface area (Å²) in [6.45, 7) is 12.8. The van der Waals surface area contributed by atoms with Gasteiger partial charge in [-0.2, -0.15) is 0 Å². The third-order valence-corrected chi connectivity index (χ3v) is 4.33. The fraction of sp³-hybridized carbons (Fsp3) is 0.600. The Morgan fingerprint density at radius 1 is 0.750 bits per heavy atom. The number of carbonyl (C=O) groups excluding carboxylic acids is 2. The zero-order valence-electron chi connectivity index (χ0n) is 18.9. The van der Waals surface area contributed by atoms with E-state index in [9.17, 15) is 9.59 Å². The zero-order valence-corrected chi connectivity index (χ0v) is 18.9. The standard InChI is InChI=1S/C25H40O3/c1-7-28-25(27)19-24(26)16-10-15-23(18-17-21(4)5)14-9-13-22(6)12-8-11-20(2)3/h11,13,15,17H,7-10,12,14,16,18-19H2,1-6H3/b22-13+,23-15-. The molecule has 0 unspecified atom stereocenters. The third kappa shape index (κ3) is 16.3. The Hall–Kier alpha value is -1.90. The number of ether oxygens (including phenoxy) is 1. The van der Waals surface area contributed by atoms with Crippen molar-refractivity contribution in [1.29, 1.82) is 0 Å². The lowest BCUT2D eigenvalue weighted by atomic mass is 10.0. The van der Waals surface area contributed by atoms with Crippen LogP contribution in [0.25, 0.3) is 0 Å². The van der Waals surface area contributed by atoms with Gasteiger partial charge in [-0.3, -0.25) is 9.59 Å². The molecule has 0 aromatic heterocycles. The highest BCUT2D eigenvalue weighted by molar-refractivity contribution is 5.95. The number of carbonyl (C=O) groups is 2. The molecule has 0 bridgehead atoms. The zero-order chi connectivity index (χ0) is 21.4. The molecule has 0 aliphatic rings. The molecule has 0 amide bonds. The molecule has 158 valence electrons.